The van der Waals surface area contributed by atoms with Gasteiger partial charge in [0.2, 0.25) is 0 Å². The van der Waals surface area contributed by atoms with Crippen LogP contribution in [-0.4, -0.2) is 15.8 Å². The number of nitrogens with zero attached hydrogens (tertiary/aromatic N) is 2. The van der Waals surface area contributed by atoms with Gasteiger partial charge in [0, 0.05) is 24.1 Å². The fraction of sp³-hybridized carbons (Fsp3) is 0. The molecule has 0 spiro atoms. The number of hydrogen-bond donors (Lipinski definition) is 1. The van der Waals surface area contributed by atoms with E-state index in [1.165, 1.54) is 30.6 Å². The Hall–Kier alpha value is -1.99. The van der Waals surface area contributed by atoms with Crippen LogP contribution >= 0.6 is 27.5 Å². The third kappa shape index (κ3) is 3.12. The number of halogens is 2. The van der Waals surface area contributed by atoms with Gasteiger partial charge < -0.3 is 5.32 Å². The molecule has 8 heteroatoms. The molecule has 20 heavy (non-hydrogen) atoms. The van der Waals surface area contributed by atoms with E-state index in [2.05, 4.69) is 26.2 Å². The average molecular weight is 357 g/mol. The Morgan fingerprint density at radius 1 is 1.40 bits per heavy atom. The highest BCUT2D eigenvalue weighted by Gasteiger charge is 2.15. The Morgan fingerprint density at radius 2 is 2.15 bits per heavy atom. The summed E-state index contributed by atoms with van der Waals surface area (Å²) < 4.78 is 0.336. The predicted octanol–water partition coefficient (Wildman–Crippen LogP) is 3.66. The standard InChI is InChI=1S/C12H7BrClN3O3/c13-9-2-1-7(5-11(9)17(19)20)16-12(18)8-3-4-15-6-10(8)14/h1-6H,(H,16,18). The van der Waals surface area contributed by atoms with Crippen molar-refractivity contribution < 1.29 is 9.72 Å². The van der Waals surface area contributed by atoms with Crippen molar-refractivity contribution in [3.63, 3.8) is 0 Å². The van der Waals surface area contributed by atoms with Crippen molar-refractivity contribution in [2.24, 2.45) is 0 Å². The first-order chi connectivity index (χ1) is 9.49. The molecule has 1 aromatic heterocycles. The Kier molecular flexibility index (Phi) is 4.31. The quantitative estimate of drug-likeness (QED) is 0.672. The molecule has 0 bridgehead atoms. The van der Waals surface area contributed by atoms with Crippen molar-refractivity contribution in [2.45, 2.75) is 0 Å². The first kappa shape index (κ1) is 14.4. The van der Waals surface area contributed by atoms with Crippen molar-refractivity contribution in [1.29, 1.82) is 0 Å². The van der Waals surface area contributed by atoms with Crippen molar-refractivity contribution in [3.8, 4) is 0 Å². The molecule has 0 saturated heterocycles. The zero-order chi connectivity index (χ0) is 14.7. The van der Waals surface area contributed by atoms with Gasteiger partial charge in [-0.2, -0.15) is 0 Å². The fourth-order valence-corrected chi connectivity index (χ4v) is 2.08. The lowest BCUT2D eigenvalue weighted by molar-refractivity contribution is -0.385. The molecule has 0 radical (unpaired) electrons. The van der Waals surface area contributed by atoms with Gasteiger partial charge in [0.05, 0.1) is 20.0 Å². The monoisotopic (exact) mass is 355 g/mol. The number of benzene rings is 1. The van der Waals surface area contributed by atoms with Crippen molar-refractivity contribution in [1.82, 2.24) is 4.98 Å². The molecule has 2 aromatic rings. The normalized spacial score (nSPS) is 10.1. The van der Waals surface area contributed by atoms with Crippen LogP contribution in [0.15, 0.2) is 41.1 Å². The second-order valence-corrected chi connectivity index (χ2v) is 4.99. The number of nitro benzene ring substituents is 1. The van der Waals surface area contributed by atoms with Crippen LogP contribution in [0, 0.1) is 10.1 Å². The van der Waals surface area contributed by atoms with Crippen LogP contribution in [0.25, 0.3) is 0 Å². The molecule has 0 saturated carbocycles. The Labute approximate surface area is 127 Å². The molecule has 102 valence electrons. The van der Waals surface area contributed by atoms with Crippen LogP contribution in [0.3, 0.4) is 0 Å². The van der Waals surface area contributed by atoms with E-state index in [4.69, 9.17) is 11.6 Å². The molecule has 0 atom stereocenters. The molecule has 1 N–H and O–H groups in total. The largest absolute Gasteiger partial charge is 0.322 e. The highest BCUT2D eigenvalue weighted by molar-refractivity contribution is 9.10. The van der Waals surface area contributed by atoms with E-state index in [1.807, 2.05) is 0 Å². The maximum Gasteiger partial charge on any atom is 0.285 e. The number of amides is 1. The van der Waals surface area contributed by atoms with Gasteiger partial charge in [0.15, 0.2) is 0 Å². The highest BCUT2D eigenvalue weighted by atomic mass is 79.9. The molecule has 1 heterocycles. The summed E-state index contributed by atoms with van der Waals surface area (Å²) in [6.07, 6.45) is 2.78. The summed E-state index contributed by atoms with van der Waals surface area (Å²) in [6.45, 7) is 0. The molecule has 0 unspecified atom stereocenters. The summed E-state index contributed by atoms with van der Waals surface area (Å²) in [4.78, 5) is 26.0. The first-order valence-electron chi connectivity index (χ1n) is 5.34. The lowest BCUT2D eigenvalue weighted by Crippen LogP contribution is -2.12. The van der Waals surface area contributed by atoms with Gasteiger partial charge in [0.25, 0.3) is 11.6 Å². The van der Waals surface area contributed by atoms with Crippen molar-refractivity contribution in [2.75, 3.05) is 5.32 Å². The van der Waals surface area contributed by atoms with Crippen LogP contribution < -0.4 is 5.32 Å². The number of nitrogens with one attached hydrogen (secondary N) is 1. The lowest BCUT2D eigenvalue weighted by atomic mass is 10.2. The van der Waals surface area contributed by atoms with Crippen LogP contribution in [0.5, 0.6) is 0 Å². The Morgan fingerprint density at radius 3 is 2.80 bits per heavy atom. The third-order valence-electron chi connectivity index (χ3n) is 2.42. The van der Waals surface area contributed by atoms with Crippen LogP contribution in [-0.2, 0) is 0 Å². The smallest absolute Gasteiger partial charge is 0.285 e. The summed E-state index contributed by atoms with van der Waals surface area (Å²) in [5, 5.41) is 13.6. The third-order valence-corrected chi connectivity index (χ3v) is 3.39. The molecule has 0 aliphatic rings. The molecule has 1 amide bonds. The topological polar surface area (TPSA) is 85.1 Å². The van der Waals surface area contributed by atoms with Gasteiger partial charge in [-0.15, -0.1) is 0 Å². The minimum absolute atomic E-state index is 0.136. The van der Waals surface area contributed by atoms with E-state index in [0.717, 1.165) is 0 Å². The Balaban J connectivity index is 2.27. The van der Waals surface area contributed by atoms with E-state index in [1.54, 1.807) is 6.07 Å². The number of carbonyl (C=O) groups excluding carboxylic acids is 1. The number of pyridine rings is 1. The average Bonchev–Trinajstić information content (AvgIpc) is 2.41. The summed E-state index contributed by atoms with van der Waals surface area (Å²) in [7, 11) is 0. The minimum atomic E-state index is -0.543. The Bertz CT molecular complexity index is 693. The fourth-order valence-electron chi connectivity index (χ4n) is 1.49. The van der Waals surface area contributed by atoms with E-state index >= 15 is 0 Å². The van der Waals surface area contributed by atoms with E-state index in [0.29, 0.717) is 10.2 Å². The molecule has 0 fully saturated rings. The summed E-state index contributed by atoms with van der Waals surface area (Å²) in [5.74, 6) is -0.464. The van der Waals surface area contributed by atoms with Gasteiger partial charge >= 0.3 is 0 Å². The maximum absolute atomic E-state index is 12.0. The molecule has 1 aromatic carbocycles. The van der Waals surface area contributed by atoms with Gasteiger partial charge in [-0.25, -0.2) is 0 Å². The zero-order valence-electron chi connectivity index (χ0n) is 9.84. The molecule has 0 aliphatic heterocycles. The van der Waals surface area contributed by atoms with Gasteiger partial charge in [0.1, 0.15) is 0 Å². The van der Waals surface area contributed by atoms with Crippen LogP contribution in [0.2, 0.25) is 5.02 Å². The molecule has 6 nitrogen and oxygen atoms in total. The number of carbonyl (C=O) groups is 1. The highest BCUT2D eigenvalue weighted by Crippen LogP contribution is 2.28. The second-order valence-electron chi connectivity index (χ2n) is 3.73. The predicted molar refractivity (Wildman–Crippen MR) is 78.0 cm³/mol. The molecular weight excluding hydrogens is 350 g/mol. The summed E-state index contributed by atoms with van der Waals surface area (Å²) in [6, 6.07) is 5.76. The second kappa shape index (κ2) is 5.98. The van der Waals surface area contributed by atoms with Gasteiger partial charge in [-0.05, 0) is 34.1 Å². The van der Waals surface area contributed by atoms with Crippen molar-refractivity contribution >= 4 is 44.8 Å². The SMILES string of the molecule is O=C(Nc1ccc(Br)c([N+](=O)[O-])c1)c1ccncc1Cl. The van der Waals surface area contributed by atoms with Gasteiger partial charge in [-0.3, -0.25) is 19.9 Å². The molecular formula is C12H7BrClN3O3. The van der Waals surface area contributed by atoms with E-state index in [-0.39, 0.29) is 16.3 Å². The maximum atomic E-state index is 12.0. The number of hydrogen-bond acceptors (Lipinski definition) is 4. The zero-order valence-corrected chi connectivity index (χ0v) is 12.2. The van der Waals surface area contributed by atoms with Crippen molar-refractivity contribution in [3.05, 3.63) is 61.8 Å². The molecule has 0 aliphatic carbocycles. The van der Waals surface area contributed by atoms with Crippen LogP contribution in [0.4, 0.5) is 11.4 Å². The number of anilines is 1. The lowest BCUT2D eigenvalue weighted by Gasteiger charge is -2.06. The number of aromatic nitrogens is 1. The summed E-state index contributed by atoms with van der Waals surface area (Å²) >= 11 is 8.92. The van der Waals surface area contributed by atoms with E-state index < -0.39 is 10.8 Å². The van der Waals surface area contributed by atoms with Crippen LogP contribution in [0.1, 0.15) is 10.4 Å². The van der Waals surface area contributed by atoms with Gasteiger partial charge in [-0.1, -0.05) is 11.6 Å². The number of nitro groups is 1. The van der Waals surface area contributed by atoms with E-state index in [9.17, 15) is 14.9 Å². The summed E-state index contributed by atoms with van der Waals surface area (Å²) in [5.41, 5.74) is 0.411. The number of rotatable bonds is 3. The first-order valence-corrected chi connectivity index (χ1v) is 6.51. The minimum Gasteiger partial charge on any atom is -0.322 e. The molecule has 2 rings (SSSR count).